The molecule has 1 aliphatic rings. The highest BCUT2D eigenvalue weighted by Gasteiger charge is 2.29. The first-order chi connectivity index (χ1) is 11.2. The summed E-state index contributed by atoms with van der Waals surface area (Å²) in [6.07, 6.45) is 0. The number of halogens is 1. The lowest BCUT2D eigenvalue weighted by atomic mass is 9.98. The van der Waals surface area contributed by atoms with Gasteiger partial charge in [-0.1, -0.05) is 24.3 Å². The number of aromatic nitrogens is 2. The Balaban J connectivity index is 1.94. The Kier molecular flexibility index (Phi) is 2.81. The Bertz CT molecular complexity index is 996. The lowest BCUT2D eigenvalue weighted by Gasteiger charge is -2.26. The fourth-order valence-corrected chi connectivity index (χ4v) is 2.89. The second-order valence-electron chi connectivity index (χ2n) is 5.30. The number of nitrogens with zero attached hydrogens (tertiary/aromatic N) is 3. The number of nitrogens with two attached hydrogens (primary N) is 1. The zero-order chi connectivity index (χ0) is 16.0. The second-order valence-corrected chi connectivity index (χ2v) is 5.30. The van der Waals surface area contributed by atoms with Crippen molar-refractivity contribution in [1.29, 1.82) is 5.26 Å². The van der Waals surface area contributed by atoms with Crippen molar-refractivity contribution in [2.24, 2.45) is 5.73 Å². The number of nitriles is 1. The van der Waals surface area contributed by atoms with E-state index in [0.29, 0.717) is 22.9 Å². The van der Waals surface area contributed by atoms with Crippen molar-refractivity contribution in [1.82, 2.24) is 9.55 Å². The first-order valence-corrected chi connectivity index (χ1v) is 7.08. The molecule has 2 aromatic carbocycles. The van der Waals surface area contributed by atoms with Gasteiger partial charge in [-0.25, -0.2) is 9.37 Å². The molecule has 0 saturated carbocycles. The number of fused-ring (bicyclic) bond motifs is 3. The average Bonchev–Trinajstić information content (AvgIpc) is 2.93. The Morgan fingerprint density at radius 2 is 2.04 bits per heavy atom. The molecular formula is C17H12FN5. The SMILES string of the molecule is N#CC1=C(N)n2c(nc3ccccc32)NC1c1cccc(F)c1. The monoisotopic (exact) mass is 305 g/mol. The van der Waals surface area contributed by atoms with Crippen LogP contribution in [0.25, 0.3) is 16.9 Å². The molecular weight excluding hydrogens is 293 g/mol. The lowest BCUT2D eigenvalue weighted by molar-refractivity contribution is 0.624. The lowest BCUT2D eigenvalue weighted by Crippen LogP contribution is -2.26. The largest absolute Gasteiger partial charge is 0.384 e. The number of rotatable bonds is 1. The van der Waals surface area contributed by atoms with Crippen molar-refractivity contribution < 1.29 is 4.39 Å². The molecule has 4 rings (SSSR count). The van der Waals surface area contributed by atoms with E-state index in [2.05, 4.69) is 16.4 Å². The van der Waals surface area contributed by atoms with E-state index in [-0.39, 0.29) is 5.82 Å². The number of imidazole rings is 1. The average molecular weight is 305 g/mol. The van der Waals surface area contributed by atoms with E-state index in [1.165, 1.54) is 12.1 Å². The fraction of sp³-hybridized carbons (Fsp3) is 0.0588. The van der Waals surface area contributed by atoms with Crippen LogP contribution in [0.3, 0.4) is 0 Å². The van der Waals surface area contributed by atoms with Gasteiger partial charge in [0.2, 0.25) is 5.95 Å². The van der Waals surface area contributed by atoms with Crippen molar-refractivity contribution in [3.05, 3.63) is 65.5 Å². The summed E-state index contributed by atoms with van der Waals surface area (Å²) in [7, 11) is 0. The standard InChI is InChI=1S/C17H12FN5/c18-11-5-3-4-10(8-11)15-12(9-19)16(20)23-14-7-2-1-6-13(14)21-17(23)22-15/h1-8,15H,20H2,(H,21,22). The van der Waals surface area contributed by atoms with Crippen LogP contribution in [0.4, 0.5) is 10.3 Å². The van der Waals surface area contributed by atoms with E-state index in [1.807, 2.05) is 24.3 Å². The molecule has 1 aliphatic heterocycles. The third kappa shape index (κ3) is 1.94. The molecule has 0 fully saturated rings. The van der Waals surface area contributed by atoms with Crippen molar-refractivity contribution in [3.63, 3.8) is 0 Å². The second kappa shape index (κ2) is 4.85. The van der Waals surface area contributed by atoms with Gasteiger partial charge in [-0.3, -0.25) is 4.57 Å². The summed E-state index contributed by atoms with van der Waals surface area (Å²) in [4.78, 5) is 4.51. The molecule has 0 spiro atoms. The van der Waals surface area contributed by atoms with Gasteiger partial charge < -0.3 is 11.1 Å². The van der Waals surface area contributed by atoms with Gasteiger partial charge in [0.05, 0.1) is 22.6 Å². The molecule has 0 bridgehead atoms. The van der Waals surface area contributed by atoms with Crippen LogP contribution in [0.2, 0.25) is 0 Å². The first kappa shape index (κ1) is 13.3. The Labute approximate surface area is 131 Å². The topological polar surface area (TPSA) is 79.7 Å². The van der Waals surface area contributed by atoms with Crippen molar-refractivity contribution in [2.45, 2.75) is 6.04 Å². The number of nitrogens with one attached hydrogen (secondary N) is 1. The highest BCUT2D eigenvalue weighted by Crippen LogP contribution is 2.36. The quantitative estimate of drug-likeness (QED) is 0.724. The van der Waals surface area contributed by atoms with Crippen molar-refractivity contribution >= 4 is 22.8 Å². The van der Waals surface area contributed by atoms with Crippen LogP contribution in [-0.4, -0.2) is 9.55 Å². The molecule has 0 aliphatic carbocycles. The van der Waals surface area contributed by atoms with Crippen molar-refractivity contribution in [3.8, 4) is 6.07 Å². The van der Waals surface area contributed by atoms with Crippen LogP contribution in [-0.2, 0) is 0 Å². The van der Waals surface area contributed by atoms with Crippen LogP contribution in [0, 0.1) is 17.1 Å². The summed E-state index contributed by atoms with van der Waals surface area (Å²) >= 11 is 0. The molecule has 0 radical (unpaired) electrons. The third-order valence-electron chi connectivity index (χ3n) is 3.94. The van der Waals surface area contributed by atoms with Crippen LogP contribution in [0.5, 0.6) is 0 Å². The Morgan fingerprint density at radius 3 is 2.83 bits per heavy atom. The van der Waals surface area contributed by atoms with Crippen LogP contribution < -0.4 is 11.1 Å². The summed E-state index contributed by atoms with van der Waals surface area (Å²) < 4.78 is 15.2. The van der Waals surface area contributed by atoms with Gasteiger partial charge >= 0.3 is 0 Å². The number of anilines is 1. The molecule has 1 atom stereocenters. The van der Waals surface area contributed by atoms with Gasteiger partial charge in [-0.05, 0) is 29.8 Å². The highest BCUT2D eigenvalue weighted by molar-refractivity contribution is 5.85. The number of hydrogen-bond donors (Lipinski definition) is 2. The fourth-order valence-electron chi connectivity index (χ4n) is 2.89. The molecule has 1 unspecified atom stereocenters. The van der Waals surface area contributed by atoms with E-state index in [4.69, 9.17) is 5.73 Å². The summed E-state index contributed by atoms with van der Waals surface area (Å²) in [5.41, 5.74) is 8.78. The zero-order valence-corrected chi connectivity index (χ0v) is 12.0. The molecule has 3 aromatic rings. The number of hydrogen-bond acceptors (Lipinski definition) is 4. The molecule has 0 amide bonds. The van der Waals surface area contributed by atoms with Gasteiger partial charge in [0.25, 0.3) is 0 Å². The highest BCUT2D eigenvalue weighted by atomic mass is 19.1. The van der Waals surface area contributed by atoms with E-state index in [1.54, 1.807) is 16.7 Å². The van der Waals surface area contributed by atoms with Gasteiger partial charge in [0.15, 0.2) is 0 Å². The number of para-hydroxylation sites is 2. The minimum absolute atomic E-state index is 0.309. The molecule has 3 N–H and O–H groups in total. The van der Waals surface area contributed by atoms with Crippen LogP contribution >= 0.6 is 0 Å². The summed E-state index contributed by atoms with van der Waals surface area (Å²) in [6, 6.07) is 15.3. The predicted octanol–water partition coefficient (Wildman–Crippen LogP) is 2.99. The first-order valence-electron chi connectivity index (χ1n) is 7.08. The molecule has 6 heteroatoms. The minimum atomic E-state index is -0.528. The Morgan fingerprint density at radius 1 is 1.22 bits per heavy atom. The maximum atomic E-state index is 13.5. The third-order valence-corrected chi connectivity index (χ3v) is 3.94. The van der Waals surface area contributed by atoms with Crippen molar-refractivity contribution in [2.75, 3.05) is 5.32 Å². The maximum Gasteiger partial charge on any atom is 0.210 e. The molecule has 1 aromatic heterocycles. The number of benzene rings is 2. The molecule has 2 heterocycles. The van der Waals surface area contributed by atoms with E-state index in [0.717, 1.165) is 11.0 Å². The summed E-state index contributed by atoms with van der Waals surface area (Å²) in [5, 5.41) is 12.7. The van der Waals surface area contributed by atoms with E-state index in [9.17, 15) is 9.65 Å². The van der Waals surface area contributed by atoms with E-state index >= 15 is 0 Å². The predicted molar refractivity (Wildman–Crippen MR) is 85.5 cm³/mol. The van der Waals surface area contributed by atoms with Gasteiger partial charge in [0, 0.05) is 0 Å². The Hall–Kier alpha value is -3.33. The smallest absolute Gasteiger partial charge is 0.210 e. The van der Waals surface area contributed by atoms with Gasteiger partial charge in [-0.2, -0.15) is 5.26 Å². The summed E-state index contributed by atoms with van der Waals surface area (Å²) in [6.45, 7) is 0. The zero-order valence-electron chi connectivity index (χ0n) is 12.0. The molecule has 112 valence electrons. The minimum Gasteiger partial charge on any atom is -0.384 e. The molecule has 23 heavy (non-hydrogen) atoms. The maximum absolute atomic E-state index is 13.5. The van der Waals surface area contributed by atoms with Gasteiger partial charge in [-0.15, -0.1) is 0 Å². The summed E-state index contributed by atoms with van der Waals surface area (Å²) in [5.74, 6) is 0.486. The normalized spacial score (nSPS) is 16.8. The van der Waals surface area contributed by atoms with Crippen LogP contribution in [0.15, 0.2) is 54.1 Å². The van der Waals surface area contributed by atoms with E-state index < -0.39 is 6.04 Å². The molecule has 5 nitrogen and oxygen atoms in total. The van der Waals surface area contributed by atoms with Gasteiger partial charge in [0.1, 0.15) is 17.7 Å². The van der Waals surface area contributed by atoms with Crippen LogP contribution in [0.1, 0.15) is 11.6 Å². The molecule has 0 saturated heterocycles.